The van der Waals surface area contributed by atoms with E-state index in [4.69, 9.17) is 4.74 Å². The molecular weight excluding hydrogens is 556 g/mol. The van der Waals surface area contributed by atoms with E-state index in [1.54, 1.807) is 20.8 Å². The number of Topliss-reactive ketones (excluding diaryl/α,β-unsaturated/α-hetero) is 1. The Morgan fingerprint density at radius 3 is 2.00 bits per heavy atom. The smallest absolute Gasteiger partial charge is 0.434 e. The molecule has 7 nitrogen and oxygen atoms in total. The van der Waals surface area contributed by atoms with E-state index in [-0.39, 0.29) is 44.6 Å². The van der Waals surface area contributed by atoms with Gasteiger partial charge in [0.25, 0.3) is 5.91 Å². The molecule has 2 amide bonds. The van der Waals surface area contributed by atoms with Crippen LogP contribution in [0.25, 0.3) is 10.9 Å². The first-order valence-electron chi connectivity index (χ1n) is 13.4. The number of pyridine rings is 1. The van der Waals surface area contributed by atoms with Gasteiger partial charge in [-0.2, -0.15) is 26.3 Å². The van der Waals surface area contributed by atoms with Gasteiger partial charge in [0, 0.05) is 43.0 Å². The zero-order valence-corrected chi connectivity index (χ0v) is 22.9. The molecule has 0 N–H and O–H groups in total. The molecule has 41 heavy (non-hydrogen) atoms. The number of carbonyl (C=O) groups is 3. The van der Waals surface area contributed by atoms with Crippen LogP contribution in [0.1, 0.15) is 84.8 Å². The minimum absolute atomic E-state index is 0.0337. The number of hydrogen-bond acceptors (Lipinski definition) is 5. The van der Waals surface area contributed by atoms with Crippen LogP contribution in [0.3, 0.4) is 0 Å². The molecule has 3 heterocycles. The minimum atomic E-state index is -5.34. The molecule has 2 fully saturated rings. The first-order valence-corrected chi connectivity index (χ1v) is 13.4. The van der Waals surface area contributed by atoms with Crippen molar-refractivity contribution in [2.24, 2.45) is 5.92 Å². The molecule has 1 aromatic carbocycles. The van der Waals surface area contributed by atoms with Crippen molar-refractivity contribution in [3.63, 3.8) is 0 Å². The van der Waals surface area contributed by atoms with Crippen molar-refractivity contribution in [1.82, 2.24) is 14.8 Å². The maximum absolute atomic E-state index is 14.5. The normalized spacial score (nSPS) is 17.6. The highest BCUT2D eigenvalue weighted by atomic mass is 19.4. The van der Waals surface area contributed by atoms with Crippen LogP contribution < -0.4 is 0 Å². The van der Waals surface area contributed by atoms with Gasteiger partial charge < -0.3 is 14.5 Å². The molecule has 0 unspecified atom stereocenters. The fraction of sp³-hybridized carbons (Fsp3) is 0.571. The number of rotatable bonds is 3. The molecule has 4 rings (SSSR count). The molecule has 0 atom stereocenters. The zero-order chi connectivity index (χ0) is 30.3. The second-order valence-corrected chi connectivity index (χ2v) is 11.4. The monoisotopic (exact) mass is 587 g/mol. The Balaban J connectivity index is 1.73. The summed E-state index contributed by atoms with van der Waals surface area (Å²) >= 11 is 0. The summed E-state index contributed by atoms with van der Waals surface area (Å²) < 4.78 is 90.9. The van der Waals surface area contributed by atoms with Crippen LogP contribution in [0.4, 0.5) is 31.1 Å². The molecule has 13 heteroatoms. The number of hydrogen-bond donors (Lipinski definition) is 0. The van der Waals surface area contributed by atoms with Crippen LogP contribution >= 0.6 is 0 Å². The Morgan fingerprint density at radius 2 is 1.46 bits per heavy atom. The molecule has 2 saturated heterocycles. The number of halogens is 6. The summed E-state index contributed by atoms with van der Waals surface area (Å²) in [7, 11) is 0. The molecule has 0 saturated carbocycles. The van der Waals surface area contributed by atoms with Gasteiger partial charge in [-0.1, -0.05) is 0 Å². The molecule has 224 valence electrons. The molecule has 0 aliphatic carbocycles. The molecule has 1 aromatic heterocycles. The number of ketones is 1. The molecule has 2 aliphatic heterocycles. The number of alkyl halides is 6. The van der Waals surface area contributed by atoms with Gasteiger partial charge in [-0.15, -0.1) is 0 Å². The number of nitrogens with zero attached hydrogens (tertiary/aromatic N) is 3. The van der Waals surface area contributed by atoms with Crippen molar-refractivity contribution in [3.05, 3.63) is 40.6 Å². The Kier molecular flexibility index (Phi) is 8.30. The van der Waals surface area contributed by atoms with E-state index >= 15 is 0 Å². The average Bonchev–Trinajstić information content (AvgIpc) is 2.89. The molecular formula is C28H31F6N3O4. The zero-order valence-electron chi connectivity index (χ0n) is 22.9. The second kappa shape index (κ2) is 11.1. The third-order valence-corrected chi connectivity index (χ3v) is 7.20. The van der Waals surface area contributed by atoms with Gasteiger partial charge in [0.1, 0.15) is 5.60 Å². The second-order valence-electron chi connectivity index (χ2n) is 11.4. The van der Waals surface area contributed by atoms with Gasteiger partial charge in [-0.05, 0) is 71.1 Å². The van der Waals surface area contributed by atoms with Crippen molar-refractivity contribution < 1.29 is 45.5 Å². The van der Waals surface area contributed by atoms with Gasteiger partial charge in [0.15, 0.2) is 11.5 Å². The number of amides is 2. The average molecular weight is 588 g/mol. The number of carbonyl (C=O) groups excluding carboxylic acids is 3. The summed E-state index contributed by atoms with van der Waals surface area (Å²) in [5, 5.41) is -0.747. The van der Waals surface area contributed by atoms with E-state index < -0.39 is 69.4 Å². The number of ether oxygens (including phenoxy) is 1. The van der Waals surface area contributed by atoms with E-state index in [9.17, 15) is 40.7 Å². The Morgan fingerprint density at radius 1 is 0.854 bits per heavy atom. The quantitative estimate of drug-likeness (QED) is 0.294. The minimum Gasteiger partial charge on any atom is -0.444 e. The summed E-state index contributed by atoms with van der Waals surface area (Å²) in [5.74, 6) is -2.52. The standard InChI is InChI=1S/C28H31F6N3O4/c1-26(2,3)41-25(40)37-13-9-16(10-14-37)22(38)17-7-8-19-18(15-17)21(27(29,30)31)20(23(35-19)28(32,33)34)24(39)36-11-5-4-6-12-36/h7-8,15-16H,4-6,9-14H2,1-3H3. The summed E-state index contributed by atoms with van der Waals surface area (Å²) in [5.41, 5.74) is -6.68. The van der Waals surface area contributed by atoms with Crippen molar-refractivity contribution in [2.75, 3.05) is 26.2 Å². The predicted octanol–water partition coefficient (Wildman–Crippen LogP) is 6.73. The van der Waals surface area contributed by atoms with E-state index in [0.717, 1.165) is 23.1 Å². The van der Waals surface area contributed by atoms with Gasteiger partial charge in [-0.3, -0.25) is 9.59 Å². The number of piperidine rings is 2. The number of aromatic nitrogens is 1. The van der Waals surface area contributed by atoms with Gasteiger partial charge >= 0.3 is 18.4 Å². The number of benzene rings is 1. The van der Waals surface area contributed by atoms with Crippen LogP contribution in [-0.4, -0.2) is 64.3 Å². The highest BCUT2D eigenvalue weighted by Gasteiger charge is 2.47. The van der Waals surface area contributed by atoms with E-state index in [1.807, 2.05) is 0 Å². The lowest BCUT2D eigenvalue weighted by molar-refractivity contribution is -0.145. The summed E-state index contributed by atoms with van der Waals surface area (Å²) in [6.45, 7) is 5.60. The first kappa shape index (κ1) is 30.6. The van der Waals surface area contributed by atoms with Crippen molar-refractivity contribution in [3.8, 4) is 0 Å². The summed E-state index contributed by atoms with van der Waals surface area (Å²) in [4.78, 5) is 44.7. The SMILES string of the molecule is CC(C)(C)OC(=O)N1CCC(C(=O)c2ccc3nc(C(F)(F)F)c(C(=O)N4CCCCC4)c(C(F)(F)F)c3c2)CC1. The highest BCUT2D eigenvalue weighted by Crippen LogP contribution is 2.43. The number of likely N-dealkylation sites (tertiary alicyclic amines) is 2. The predicted molar refractivity (Wildman–Crippen MR) is 136 cm³/mol. The van der Waals surface area contributed by atoms with E-state index in [0.29, 0.717) is 19.3 Å². The summed E-state index contributed by atoms with van der Waals surface area (Å²) in [6.07, 6.45) is -9.13. The molecule has 2 aromatic rings. The van der Waals surface area contributed by atoms with Crippen molar-refractivity contribution in [1.29, 1.82) is 0 Å². The maximum atomic E-state index is 14.5. The number of fused-ring (bicyclic) bond motifs is 1. The maximum Gasteiger partial charge on any atom is 0.434 e. The van der Waals surface area contributed by atoms with Crippen LogP contribution in [-0.2, 0) is 17.1 Å². The fourth-order valence-corrected chi connectivity index (χ4v) is 5.27. The Bertz CT molecular complexity index is 1340. The largest absolute Gasteiger partial charge is 0.444 e. The van der Waals surface area contributed by atoms with Gasteiger partial charge in [0.2, 0.25) is 0 Å². The molecule has 0 spiro atoms. The third-order valence-electron chi connectivity index (χ3n) is 7.20. The van der Waals surface area contributed by atoms with E-state index in [2.05, 4.69) is 4.98 Å². The van der Waals surface area contributed by atoms with Gasteiger partial charge in [0.05, 0.1) is 16.6 Å². The highest BCUT2D eigenvalue weighted by molar-refractivity contribution is 6.05. The van der Waals surface area contributed by atoms with Gasteiger partial charge in [-0.25, -0.2) is 9.78 Å². The topological polar surface area (TPSA) is 79.8 Å². The first-order chi connectivity index (χ1) is 19.0. The lowest BCUT2D eigenvalue weighted by Crippen LogP contribution is -2.43. The molecule has 0 radical (unpaired) electrons. The molecule has 2 aliphatic rings. The molecule has 0 bridgehead atoms. The Hall–Kier alpha value is -3.38. The lowest BCUT2D eigenvalue weighted by atomic mass is 9.87. The van der Waals surface area contributed by atoms with Crippen molar-refractivity contribution in [2.45, 2.75) is 70.8 Å². The van der Waals surface area contributed by atoms with Crippen LogP contribution in [0.5, 0.6) is 0 Å². The lowest BCUT2D eigenvalue weighted by Gasteiger charge is -2.33. The van der Waals surface area contributed by atoms with E-state index in [1.165, 1.54) is 4.90 Å². The Labute approximate surface area is 232 Å². The van der Waals surface area contributed by atoms with Crippen LogP contribution in [0.2, 0.25) is 0 Å². The van der Waals surface area contributed by atoms with Crippen molar-refractivity contribution >= 4 is 28.7 Å². The fourth-order valence-electron chi connectivity index (χ4n) is 5.27. The van der Waals surface area contributed by atoms with Crippen LogP contribution in [0, 0.1) is 5.92 Å². The van der Waals surface area contributed by atoms with Crippen LogP contribution in [0.15, 0.2) is 18.2 Å². The third kappa shape index (κ3) is 6.75. The summed E-state index contributed by atoms with van der Waals surface area (Å²) in [6, 6.07) is 2.96.